The SMILES string of the molecule is CCN(C[C@@H]1[C@@H](c2ccccc2)[C@@H](CO)N1S(C)(=O)=O)C(=O)C1CC1. The summed E-state index contributed by atoms with van der Waals surface area (Å²) in [5.41, 5.74) is 1.00. The van der Waals surface area contributed by atoms with Gasteiger partial charge in [0, 0.05) is 24.9 Å². The summed E-state index contributed by atoms with van der Waals surface area (Å²) in [6.45, 7) is 2.63. The first-order chi connectivity index (χ1) is 11.9. The van der Waals surface area contributed by atoms with Crippen LogP contribution in [0.3, 0.4) is 0 Å². The third kappa shape index (κ3) is 3.59. The number of sulfonamides is 1. The van der Waals surface area contributed by atoms with E-state index < -0.39 is 16.1 Å². The number of hydrogen-bond donors (Lipinski definition) is 1. The number of carbonyl (C=O) groups excluding carboxylic acids is 1. The molecular formula is C18H26N2O4S. The fourth-order valence-electron chi connectivity index (χ4n) is 3.91. The highest BCUT2D eigenvalue weighted by molar-refractivity contribution is 7.88. The number of hydrogen-bond acceptors (Lipinski definition) is 4. The lowest BCUT2D eigenvalue weighted by Gasteiger charge is -2.54. The molecule has 1 aliphatic heterocycles. The Bertz CT molecular complexity index is 718. The summed E-state index contributed by atoms with van der Waals surface area (Å²) in [4.78, 5) is 14.2. The highest BCUT2D eigenvalue weighted by atomic mass is 32.2. The van der Waals surface area contributed by atoms with Crippen molar-refractivity contribution in [2.45, 2.75) is 37.8 Å². The Kier molecular flexibility index (Phi) is 5.18. The molecule has 6 nitrogen and oxygen atoms in total. The van der Waals surface area contributed by atoms with E-state index in [2.05, 4.69) is 0 Å². The molecule has 3 atom stereocenters. The van der Waals surface area contributed by atoms with Crippen molar-refractivity contribution in [2.24, 2.45) is 5.92 Å². The molecule has 0 bridgehead atoms. The van der Waals surface area contributed by atoms with Crippen molar-refractivity contribution in [3.8, 4) is 0 Å². The van der Waals surface area contributed by atoms with Crippen LogP contribution < -0.4 is 0 Å². The van der Waals surface area contributed by atoms with Gasteiger partial charge < -0.3 is 10.0 Å². The van der Waals surface area contributed by atoms with Gasteiger partial charge >= 0.3 is 0 Å². The molecule has 1 amide bonds. The van der Waals surface area contributed by atoms with Gasteiger partial charge in [-0.25, -0.2) is 8.42 Å². The highest BCUT2D eigenvalue weighted by Crippen LogP contribution is 2.43. The lowest BCUT2D eigenvalue weighted by molar-refractivity contribution is -0.134. The van der Waals surface area contributed by atoms with Gasteiger partial charge in [0.1, 0.15) is 0 Å². The van der Waals surface area contributed by atoms with E-state index >= 15 is 0 Å². The predicted octanol–water partition coefficient (Wildman–Crippen LogP) is 1.03. The molecule has 7 heteroatoms. The Morgan fingerprint density at radius 3 is 2.36 bits per heavy atom. The largest absolute Gasteiger partial charge is 0.395 e. The summed E-state index contributed by atoms with van der Waals surface area (Å²) >= 11 is 0. The maximum atomic E-state index is 12.5. The molecule has 1 aromatic rings. The first kappa shape index (κ1) is 18.4. The van der Waals surface area contributed by atoms with Crippen LogP contribution in [0.4, 0.5) is 0 Å². The molecule has 2 fully saturated rings. The number of aliphatic hydroxyl groups excluding tert-OH is 1. The normalized spacial score (nSPS) is 26.9. The molecule has 2 aliphatic rings. The molecule has 0 unspecified atom stereocenters. The Morgan fingerprint density at radius 2 is 1.88 bits per heavy atom. The monoisotopic (exact) mass is 366 g/mol. The van der Waals surface area contributed by atoms with E-state index in [1.165, 1.54) is 10.6 Å². The molecule has 0 aromatic heterocycles. The first-order valence-corrected chi connectivity index (χ1v) is 10.7. The number of benzene rings is 1. The predicted molar refractivity (Wildman–Crippen MR) is 95.5 cm³/mol. The fraction of sp³-hybridized carbons (Fsp3) is 0.611. The van der Waals surface area contributed by atoms with E-state index in [9.17, 15) is 18.3 Å². The van der Waals surface area contributed by atoms with Crippen molar-refractivity contribution >= 4 is 15.9 Å². The number of carbonyl (C=O) groups is 1. The van der Waals surface area contributed by atoms with Crippen molar-refractivity contribution in [2.75, 3.05) is 26.0 Å². The van der Waals surface area contributed by atoms with Crippen LogP contribution in [-0.2, 0) is 14.8 Å². The van der Waals surface area contributed by atoms with Gasteiger partial charge in [0.15, 0.2) is 0 Å². The van der Waals surface area contributed by atoms with Gasteiger partial charge in [0.05, 0.1) is 24.9 Å². The van der Waals surface area contributed by atoms with Crippen LogP contribution in [0.2, 0.25) is 0 Å². The van der Waals surface area contributed by atoms with Crippen LogP contribution in [0.1, 0.15) is 31.2 Å². The van der Waals surface area contributed by atoms with Crippen molar-refractivity contribution < 1.29 is 18.3 Å². The molecule has 1 heterocycles. The smallest absolute Gasteiger partial charge is 0.225 e. The van der Waals surface area contributed by atoms with Crippen LogP contribution in [0, 0.1) is 5.92 Å². The summed E-state index contributed by atoms with van der Waals surface area (Å²) < 4.78 is 25.9. The zero-order valence-electron chi connectivity index (χ0n) is 14.7. The van der Waals surface area contributed by atoms with E-state index in [1.54, 1.807) is 4.90 Å². The van der Waals surface area contributed by atoms with Crippen LogP contribution in [0.5, 0.6) is 0 Å². The molecule has 25 heavy (non-hydrogen) atoms. The van der Waals surface area contributed by atoms with Gasteiger partial charge in [-0.2, -0.15) is 4.31 Å². The summed E-state index contributed by atoms with van der Waals surface area (Å²) in [5, 5.41) is 9.78. The third-order valence-electron chi connectivity index (χ3n) is 5.26. The number of aliphatic hydroxyl groups is 1. The average molecular weight is 366 g/mol. The van der Waals surface area contributed by atoms with Crippen molar-refractivity contribution in [3.05, 3.63) is 35.9 Å². The standard InChI is InChI=1S/C18H26N2O4S/c1-3-19(18(22)14-9-10-14)11-15-17(13-7-5-4-6-8-13)16(12-21)20(15)25(2,23)24/h4-8,14-17,21H,3,9-12H2,1-2H3/t15-,16-,17-/m1/s1. The van der Waals surface area contributed by atoms with E-state index in [1.807, 2.05) is 37.3 Å². The second kappa shape index (κ2) is 7.05. The first-order valence-electron chi connectivity index (χ1n) is 8.81. The molecule has 3 rings (SSSR count). The Labute approximate surface area is 149 Å². The number of nitrogens with zero attached hydrogens (tertiary/aromatic N) is 2. The van der Waals surface area contributed by atoms with Crippen molar-refractivity contribution in [1.29, 1.82) is 0 Å². The maximum absolute atomic E-state index is 12.5. The number of rotatable bonds is 7. The third-order valence-corrected chi connectivity index (χ3v) is 6.57. The van der Waals surface area contributed by atoms with Crippen LogP contribution in [0.15, 0.2) is 30.3 Å². The zero-order chi connectivity index (χ0) is 18.2. The Morgan fingerprint density at radius 1 is 1.24 bits per heavy atom. The van der Waals surface area contributed by atoms with Crippen molar-refractivity contribution in [1.82, 2.24) is 9.21 Å². The number of amides is 1. The lowest BCUT2D eigenvalue weighted by atomic mass is 9.77. The second-order valence-corrected chi connectivity index (χ2v) is 8.89. The molecule has 1 saturated heterocycles. The molecule has 0 spiro atoms. The molecule has 0 radical (unpaired) electrons. The molecular weight excluding hydrogens is 340 g/mol. The second-order valence-electron chi connectivity index (χ2n) is 7.00. The zero-order valence-corrected chi connectivity index (χ0v) is 15.5. The van der Waals surface area contributed by atoms with Crippen LogP contribution in [-0.4, -0.2) is 66.7 Å². The Balaban J connectivity index is 1.88. The molecule has 1 aromatic carbocycles. The average Bonchev–Trinajstić information content (AvgIpc) is 3.38. The minimum atomic E-state index is -3.47. The topological polar surface area (TPSA) is 77.9 Å². The van der Waals surface area contributed by atoms with E-state index in [-0.39, 0.29) is 30.4 Å². The molecule has 1 N–H and O–H groups in total. The summed E-state index contributed by atoms with van der Waals surface area (Å²) in [6, 6.07) is 8.84. The van der Waals surface area contributed by atoms with Crippen LogP contribution in [0.25, 0.3) is 0 Å². The molecule has 1 aliphatic carbocycles. The minimum absolute atomic E-state index is 0.107. The summed E-state index contributed by atoms with van der Waals surface area (Å²) in [5.74, 6) is 0.118. The van der Waals surface area contributed by atoms with Gasteiger partial charge in [0.25, 0.3) is 0 Å². The van der Waals surface area contributed by atoms with Gasteiger partial charge in [-0.15, -0.1) is 0 Å². The molecule has 138 valence electrons. The van der Waals surface area contributed by atoms with E-state index in [4.69, 9.17) is 0 Å². The fourth-order valence-corrected chi connectivity index (χ4v) is 5.29. The van der Waals surface area contributed by atoms with Gasteiger partial charge in [-0.3, -0.25) is 4.79 Å². The van der Waals surface area contributed by atoms with E-state index in [0.29, 0.717) is 13.1 Å². The maximum Gasteiger partial charge on any atom is 0.225 e. The number of likely N-dealkylation sites (N-methyl/N-ethyl adjacent to an activating group) is 1. The van der Waals surface area contributed by atoms with E-state index in [0.717, 1.165) is 18.4 Å². The van der Waals surface area contributed by atoms with Gasteiger partial charge in [-0.1, -0.05) is 30.3 Å². The molecule has 1 saturated carbocycles. The summed E-state index contributed by atoms with van der Waals surface area (Å²) in [7, 11) is -3.47. The minimum Gasteiger partial charge on any atom is -0.395 e. The Hall–Kier alpha value is -1.44. The lowest BCUT2D eigenvalue weighted by Crippen LogP contribution is -2.68. The van der Waals surface area contributed by atoms with Gasteiger partial charge in [0.2, 0.25) is 15.9 Å². The quantitative estimate of drug-likeness (QED) is 0.782. The van der Waals surface area contributed by atoms with Crippen LogP contribution >= 0.6 is 0 Å². The van der Waals surface area contributed by atoms with Gasteiger partial charge in [-0.05, 0) is 25.3 Å². The summed E-state index contributed by atoms with van der Waals surface area (Å²) in [6.07, 6.45) is 3.03. The van der Waals surface area contributed by atoms with Crippen molar-refractivity contribution in [3.63, 3.8) is 0 Å². The highest BCUT2D eigenvalue weighted by Gasteiger charge is 2.54.